The van der Waals surface area contributed by atoms with Crippen LogP contribution in [0.1, 0.15) is 45.3 Å². The van der Waals surface area contributed by atoms with Crippen LogP contribution in [0.2, 0.25) is 0 Å². The van der Waals surface area contributed by atoms with E-state index in [1.807, 2.05) is 4.90 Å². The smallest absolute Gasteiger partial charge is 0.239 e. The van der Waals surface area contributed by atoms with Gasteiger partial charge in [0.15, 0.2) is 5.82 Å². The Morgan fingerprint density at radius 3 is 2.32 bits per heavy atom. The molecular weight excluding hydrogens is 405 g/mol. The van der Waals surface area contributed by atoms with Crippen LogP contribution in [0, 0.1) is 5.92 Å². The van der Waals surface area contributed by atoms with Crippen molar-refractivity contribution < 1.29 is 14.1 Å². The molecule has 3 heterocycles. The van der Waals surface area contributed by atoms with Gasteiger partial charge in [0.2, 0.25) is 11.8 Å². The first-order valence-corrected chi connectivity index (χ1v) is 9.52. The molecule has 0 bridgehead atoms. The number of aromatic nitrogens is 2. The van der Waals surface area contributed by atoms with Crippen LogP contribution < -0.4 is 5.73 Å². The number of carbonyl (C=O) groups is 1. The second kappa shape index (κ2) is 10.7. The van der Waals surface area contributed by atoms with Crippen molar-refractivity contribution in [2.45, 2.75) is 51.6 Å². The fraction of sp³-hybridized carbons (Fsp3) is 0.833. The average Bonchev–Trinajstić information content (AvgIpc) is 3.11. The second-order valence-corrected chi connectivity index (χ2v) is 8.34. The number of nitrogens with zero attached hydrogens (tertiary/aromatic N) is 4. The molecule has 8 nitrogen and oxygen atoms in total. The molecule has 2 aliphatic rings. The molecule has 1 atom stereocenters. The third-order valence-corrected chi connectivity index (χ3v) is 5.22. The van der Waals surface area contributed by atoms with Crippen LogP contribution >= 0.6 is 24.8 Å². The maximum atomic E-state index is 12.7. The molecule has 0 aromatic carbocycles. The molecule has 1 unspecified atom stereocenters. The Hall–Kier alpha value is -0.930. The molecule has 2 N–H and O–H groups in total. The monoisotopic (exact) mass is 437 g/mol. The van der Waals surface area contributed by atoms with Crippen molar-refractivity contribution in [2.75, 3.05) is 39.4 Å². The van der Waals surface area contributed by atoms with E-state index in [2.05, 4.69) is 35.8 Å². The van der Waals surface area contributed by atoms with Crippen LogP contribution in [-0.2, 0) is 21.5 Å². The van der Waals surface area contributed by atoms with Gasteiger partial charge in [0.25, 0.3) is 0 Å². The van der Waals surface area contributed by atoms with Crippen LogP contribution in [-0.4, -0.2) is 71.3 Å². The highest BCUT2D eigenvalue weighted by molar-refractivity contribution is 5.85. The molecule has 0 spiro atoms. The van der Waals surface area contributed by atoms with Gasteiger partial charge in [0, 0.05) is 44.8 Å². The highest BCUT2D eigenvalue weighted by Gasteiger charge is 2.32. The van der Waals surface area contributed by atoms with Gasteiger partial charge in [0.05, 0.1) is 12.6 Å². The Kier molecular flexibility index (Phi) is 9.62. The summed E-state index contributed by atoms with van der Waals surface area (Å²) in [6.07, 6.45) is 1.75. The van der Waals surface area contributed by atoms with E-state index < -0.39 is 6.04 Å². The van der Waals surface area contributed by atoms with Gasteiger partial charge in [-0.3, -0.25) is 9.69 Å². The number of hydrogen-bond acceptors (Lipinski definition) is 7. The summed E-state index contributed by atoms with van der Waals surface area (Å²) >= 11 is 0. The van der Waals surface area contributed by atoms with Crippen LogP contribution in [0.3, 0.4) is 0 Å². The molecule has 1 aromatic rings. The van der Waals surface area contributed by atoms with E-state index in [0.717, 1.165) is 25.9 Å². The second-order valence-electron chi connectivity index (χ2n) is 8.34. The SMILES string of the molecule is CC(C)(C)c1nc(CN2CCN(C(=O)C(N)C3CCOCC3)CC2)no1.Cl.Cl. The van der Waals surface area contributed by atoms with Crippen molar-refractivity contribution in [1.82, 2.24) is 19.9 Å². The maximum absolute atomic E-state index is 12.7. The molecule has 0 aliphatic carbocycles. The Bertz CT molecular complexity index is 609. The van der Waals surface area contributed by atoms with Crippen LogP contribution in [0.4, 0.5) is 0 Å². The molecule has 0 saturated carbocycles. The summed E-state index contributed by atoms with van der Waals surface area (Å²) in [5, 5.41) is 4.08. The Balaban J connectivity index is 0.00000196. The lowest BCUT2D eigenvalue weighted by molar-refractivity contribution is -0.136. The number of piperazine rings is 1. The van der Waals surface area contributed by atoms with Gasteiger partial charge in [-0.05, 0) is 18.8 Å². The summed E-state index contributed by atoms with van der Waals surface area (Å²) < 4.78 is 10.7. The number of nitrogens with two attached hydrogens (primary N) is 1. The summed E-state index contributed by atoms with van der Waals surface area (Å²) in [5.41, 5.74) is 6.09. The number of carbonyl (C=O) groups excluding carboxylic acids is 1. The Morgan fingerprint density at radius 2 is 1.79 bits per heavy atom. The van der Waals surface area contributed by atoms with Gasteiger partial charge in [0.1, 0.15) is 0 Å². The first-order chi connectivity index (χ1) is 12.3. The van der Waals surface area contributed by atoms with E-state index in [4.69, 9.17) is 15.0 Å². The highest BCUT2D eigenvalue weighted by atomic mass is 35.5. The summed E-state index contributed by atoms with van der Waals surface area (Å²) in [7, 11) is 0. The summed E-state index contributed by atoms with van der Waals surface area (Å²) in [6.45, 7) is 11.2. The summed E-state index contributed by atoms with van der Waals surface area (Å²) in [5.74, 6) is 1.67. The zero-order valence-electron chi connectivity index (χ0n) is 16.9. The van der Waals surface area contributed by atoms with Crippen molar-refractivity contribution in [3.8, 4) is 0 Å². The third-order valence-electron chi connectivity index (χ3n) is 5.22. The standard InChI is InChI=1S/C18H31N5O3.2ClH/c1-18(2,3)17-20-14(21-26-17)12-22-6-8-23(9-7-22)16(24)15(19)13-4-10-25-11-5-13;;/h13,15H,4-12,19H2,1-3H3;2*1H. The molecule has 2 aliphatic heterocycles. The minimum atomic E-state index is -0.406. The van der Waals surface area contributed by atoms with E-state index in [9.17, 15) is 4.79 Å². The number of halogens is 2. The fourth-order valence-corrected chi connectivity index (χ4v) is 3.44. The molecule has 2 saturated heterocycles. The predicted octanol–water partition coefficient (Wildman–Crippen LogP) is 1.61. The molecular formula is C18H33Cl2N5O3. The summed E-state index contributed by atoms with van der Waals surface area (Å²) in [4.78, 5) is 21.3. The zero-order chi connectivity index (χ0) is 18.7. The van der Waals surface area contributed by atoms with E-state index in [1.165, 1.54) is 0 Å². The van der Waals surface area contributed by atoms with Gasteiger partial charge in [-0.15, -0.1) is 24.8 Å². The van der Waals surface area contributed by atoms with Gasteiger partial charge in [-0.1, -0.05) is 25.9 Å². The minimum absolute atomic E-state index is 0. The number of hydrogen-bond donors (Lipinski definition) is 1. The number of amides is 1. The highest BCUT2D eigenvalue weighted by Crippen LogP contribution is 2.21. The average molecular weight is 438 g/mol. The fourth-order valence-electron chi connectivity index (χ4n) is 3.44. The first-order valence-electron chi connectivity index (χ1n) is 9.52. The molecule has 1 amide bonds. The molecule has 0 radical (unpaired) electrons. The molecule has 1 aromatic heterocycles. The zero-order valence-corrected chi connectivity index (χ0v) is 18.6. The molecule has 162 valence electrons. The molecule has 10 heteroatoms. The summed E-state index contributed by atoms with van der Waals surface area (Å²) in [6, 6.07) is -0.406. The van der Waals surface area contributed by atoms with Gasteiger partial charge >= 0.3 is 0 Å². The lowest BCUT2D eigenvalue weighted by Crippen LogP contribution is -2.55. The molecule has 2 fully saturated rings. The topological polar surface area (TPSA) is 97.7 Å². The van der Waals surface area contributed by atoms with E-state index in [-0.39, 0.29) is 42.1 Å². The van der Waals surface area contributed by atoms with Crippen molar-refractivity contribution in [1.29, 1.82) is 0 Å². The lowest BCUT2D eigenvalue weighted by Gasteiger charge is -2.37. The quantitative estimate of drug-likeness (QED) is 0.763. The van der Waals surface area contributed by atoms with Crippen molar-refractivity contribution in [3.63, 3.8) is 0 Å². The number of ether oxygens (including phenoxy) is 1. The van der Waals surface area contributed by atoms with Gasteiger partial charge in [-0.25, -0.2) is 0 Å². The van der Waals surface area contributed by atoms with Crippen molar-refractivity contribution in [2.24, 2.45) is 11.7 Å². The van der Waals surface area contributed by atoms with Crippen molar-refractivity contribution >= 4 is 30.7 Å². The predicted molar refractivity (Wildman–Crippen MR) is 111 cm³/mol. The normalized spacial score (nSPS) is 20.2. The largest absolute Gasteiger partial charge is 0.381 e. The van der Waals surface area contributed by atoms with Gasteiger partial charge < -0.3 is 19.9 Å². The van der Waals surface area contributed by atoms with Crippen molar-refractivity contribution in [3.05, 3.63) is 11.7 Å². The van der Waals surface area contributed by atoms with E-state index in [1.54, 1.807) is 0 Å². The van der Waals surface area contributed by atoms with Crippen LogP contribution in [0.15, 0.2) is 4.52 Å². The van der Waals surface area contributed by atoms with Crippen LogP contribution in [0.25, 0.3) is 0 Å². The van der Waals surface area contributed by atoms with Gasteiger partial charge in [-0.2, -0.15) is 4.98 Å². The third kappa shape index (κ3) is 6.29. The maximum Gasteiger partial charge on any atom is 0.239 e. The minimum Gasteiger partial charge on any atom is -0.381 e. The van der Waals surface area contributed by atoms with Crippen LogP contribution in [0.5, 0.6) is 0 Å². The van der Waals surface area contributed by atoms with E-state index in [0.29, 0.717) is 44.6 Å². The Morgan fingerprint density at radius 1 is 1.18 bits per heavy atom. The number of rotatable bonds is 4. The first kappa shape index (κ1) is 25.1. The Labute approximate surface area is 179 Å². The molecule has 28 heavy (non-hydrogen) atoms. The molecule has 3 rings (SSSR count). The lowest BCUT2D eigenvalue weighted by atomic mass is 9.91. The van der Waals surface area contributed by atoms with E-state index >= 15 is 0 Å².